The molecule has 0 radical (unpaired) electrons. The highest BCUT2D eigenvalue weighted by atomic mass is 15.3. The van der Waals surface area contributed by atoms with Crippen LogP contribution in [-0.2, 0) is 0 Å². The zero-order chi connectivity index (χ0) is 32.6. The average Bonchev–Trinajstić information content (AvgIpc) is 3.77. The summed E-state index contributed by atoms with van der Waals surface area (Å²) < 4.78 is 4.32. The van der Waals surface area contributed by atoms with Gasteiger partial charge in [-0.3, -0.25) is 9.13 Å². The highest BCUT2D eigenvalue weighted by Crippen LogP contribution is 2.37. The van der Waals surface area contributed by atoms with Crippen LogP contribution >= 0.6 is 0 Å². The first-order chi connectivity index (χ1) is 24.3. The van der Waals surface area contributed by atoms with Crippen molar-refractivity contribution in [3.8, 4) is 34.4 Å². The lowest BCUT2D eigenvalue weighted by atomic mass is 10.1. The predicted molar refractivity (Wildman–Crippen MR) is 199 cm³/mol. The van der Waals surface area contributed by atoms with Crippen LogP contribution in [0.2, 0.25) is 0 Å². The highest BCUT2D eigenvalue weighted by molar-refractivity contribution is 6.09. The zero-order valence-electron chi connectivity index (χ0n) is 26.5. The van der Waals surface area contributed by atoms with Crippen LogP contribution in [0.3, 0.4) is 0 Å². The van der Waals surface area contributed by atoms with E-state index < -0.39 is 0 Å². The standard InChI is InChI=1S/C43H30N6/c1-4-15-32(16-5-1)47(33-17-6-2-7-18-33)35-29-27-31(28-30-35)42-45-46-43(48(42)34-19-8-3-9-20-34)38-23-14-26-41(44-38)49-39-24-12-10-21-36(39)37-22-11-13-25-40(37)49/h1-30H. The summed E-state index contributed by atoms with van der Waals surface area (Å²) >= 11 is 0. The van der Waals surface area contributed by atoms with Gasteiger partial charge in [0.1, 0.15) is 11.5 Å². The molecular weight excluding hydrogens is 601 g/mol. The van der Waals surface area contributed by atoms with Crippen molar-refractivity contribution >= 4 is 38.9 Å². The molecule has 232 valence electrons. The van der Waals surface area contributed by atoms with E-state index in [2.05, 4.69) is 154 Å². The molecule has 3 aromatic heterocycles. The lowest BCUT2D eigenvalue weighted by Crippen LogP contribution is -2.09. The molecule has 0 fully saturated rings. The van der Waals surface area contributed by atoms with E-state index >= 15 is 0 Å². The van der Waals surface area contributed by atoms with Crippen molar-refractivity contribution in [1.29, 1.82) is 0 Å². The number of hydrogen-bond acceptors (Lipinski definition) is 4. The molecule has 0 aliphatic rings. The molecule has 0 spiro atoms. The van der Waals surface area contributed by atoms with Crippen molar-refractivity contribution < 1.29 is 0 Å². The summed E-state index contributed by atoms with van der Waals surface area (Å²) in [5.41, 5.74) is 8.09. The molecule has 0 amide bonds. The second-order valence-corrected chi connectivity index (χ2v) is 11.8. The smallest absolute Gasteiger partial charge is 0.187 e. The summed E-state index contributed by atoms with van der Waals surface area (Å²) in [4.78, 5) is 7.47. The Morgan fingerprint density at radius 3 is 1.51 bits per heavy atom. The number of nitrogens with zero attached hydrogens (tertiary/aromatic N) is 6. The minimum absolute atomic E-state index is 0.670. The lowest BCUT2D eigenvalue weighted by Gasteiger charge is -2.25. The van der Waals surface area contributed by atoms with E-state index in [9.17, 15) is 0 Å². The number of benzene rings is 6. The molecule has 6 aromatic carbocycles. The minimum Gasteiger partial charge on any atom is -0.311 e. The maximum atomic E-state index is 5.22. The van der Waals surface area contributed by atoms with Crippen molar-refractivity contribution in [2.45, 2.75) is 0 Å². The Bertz CT molecular complexity index is 2440. The summed E-state index contributed by atoms with van der Waals surface area (Å²) in [6.45, 7) is 0. The van der Waals surface area contributed by atoms with Gasteiger partial charge in [0.05, 0.1) is 11.0 Å². The fourth-order valence-corrected chi connectivity index (χ4v) is 6.66. The Morgan fingerprint density at radius 2 is 0.898 bits per heavy atom. The topological polar surface area (TPSA) is 51.8 Å². The normalized spacial score (nSPS) is 11.3. The molecular formula is C43H30N6. The maximum Gasteiger partial charge on any atom is 0.187 e. The number of hydrogen-bond donors (Lipinski definition) is 0. The van der Waals surface area contributed by atoms with Gasteiger partial charge in [-0.05, 0) is 84.9 Å². The molecule has 0 aliphatic heterocycles. The van der Waals surface area contributed by atoms with Crippen LogP contribution in [0.5, 0.6) is 0 Å². The Hall–Kier alpha value is -6.79. The predicted octanol–water partition coefficient (Wildman–Crippen LogP) is 10.6. The van der Waals surface area contributed by atoms with Crippen LogP contribution in [0, 0.1) is 0 Å². The van der Waals surface area contributed by atoms with Gasteiger partial charge >= 0.3 is 0 Å². The molecule has 0 bridgehead atoms. The SMILES string of the molecule is c1ccc(N(c2ccccc2)c2ccc(-c3nnc(-c4cccc(-n5c6ccccc6c6ccccc65)n4)n3-c3ccccc3)cc2)cc1. The summed E-state index contributed by atoms with van der Waals surface area (Å²) in [6.07, 6.45) is 0. The van der Waals surface area contributed by atoms with Crippen molar-refractivity contribution in [3.63, 3.8) is 0 Å². The Morgan fingerprint density at radius 1 is 0.388 bits per heavy atom. The van der Waals surface area contributed by atoms with E-state index in [1.54, 1.807) is 0 Å². The number of rotatable bonds is 7. The van der Waals surface area contributed by atoms with Crippen molar-refractivity contribution in [2.75, 3.05) is 4.90 Å². The average molecular weight is 631 g/mol. The minimum atomic E-state index is 0.670. The number of fused-ring (bicyclic) bond motifs is 3. The molecule has 9 rings (SSSR count). The summed E-state index contributed by atoms with van der Waals surface area (Å²) in [6, 6.07) is 62.6. The molecule has 49 heavy (non-hydrogen) atoms. The van der Waals surface area contributed by atoms with Gasteiger partial charge in [-0.15, -0.1) is 10.2 Å². The molecule has 0 atom stereocenters. The number of anilines is 3. The fourth-order valence-electron chi connectivity index (χ4n) is 6.66. The third kappa shape index (κ3) is 5.03. The molecule has 9 aromatic rings. The van der Waals surface area contributed by atoms with Gasteiger partial charge < -0.3 is 4.90 Å². The molecule has 6 nitrogen and oxygen atoms in total. The van der Waals surface area contributed by atoms with Gasteiger partial charge in [0.15, 0.2) is 11.6 Å². The first-order valence-corrected chi connectivity index (χ1v) is 16.3. The van der Waals surface area contributed by atoms with Crippen LogP contribution in [0.1, 0.15) is 0 Å². The van der Waals surface area contributed by atoms with E-state index in [-0.39, 0.29) is 0 Å². The van der Waals surface area contributed by atoms with Gasteiger partial charge in [0, 0.05) is 39.1 Å². The zero-order valence-corrected chi connectivity index (χ0v) is 26.5. The second kappa shape index (κ2) is 12.1. The van der Waals surface area contributed by atoms with Crippen molar-refractivity contribution in [1.82, 2.24) is 24.3 Å². The monoisotopic (exact) mass is 630 g/mol. The Balaban J connectivity index is 1.16. The first-order valence-electron chi connectivity index (χ1n) is 16.3. The molecule has 0 unspecified atom stereocenters. The van der Waals surface area contributed by atoms with Crippen molar-refractivity contribution in [2.24, 2.45) is 0 Å². The largest absolute Gasteiger partial charge is 0.311 e. The van der Waals surface area contributed by atoms with E-state index in [1.807, 2.05) is 42.5 Å². The van der Waals surface area contributed by atoms with Gasteiger partial charge in [-0.25, -0.2) is 4.98 Å². The number of para-hydroxylation sites is 5. The fraction of sp³-hybridized carbons (Fsp3) is 0. The summed E-state index contributed by atoms with van der Waals surface area (Å²) in [5, 5.41) is 11.9. The molecule has 0 N–H and O–H groups in total. The van der Waals surface area contributed by atoms with Gasteiger partial charge in [-0.2, -0.15) is 0 Å². The molecule has 0 saturated heterocycles. The van der Waals surface area contributed by atoms with Gasteiger partial charge in [0.2, 0.25) is 0 Å². The molecule has 0 saturated carbocycles. The quantitative estimate of drug-likeness (QED) is 0.176. The van der Waals surface area contributed by atoms with Crippen LogP contribution in [0.15, 0.2) is 182 Å². The number of pyridine rings is 1. The summed E-state index contributed by atoms with van der Waals surface area (Å²) in [7, 11) is 0. The van der Waals surface area contributed by atoms with E-state index in [0.717, 1.165) is 56.7 Å². The molecule has 0 aliphatic carbocycles. The van der Waals surface area contributed by atoms with Gasteiger partial charge in [-0.1, -0.05) is 97.1 Å². The Labute approximate surface area is 283 Å². The highest BCUT2D eigenvalue weighted by Gasteiger charge is 2.20. The molecule has 3 heterocycles. The summed E-state index contributed by atoms with van der Waals surface area (Å²) in [5.74, 6) is 2.23. The van der Waals surface area contributed by atoms with E-state index in [4.69, 9.17) is 15.2 Å². The first kappa shape index (κ1) is 28.4. The third-order valence-electron chi connectivity index (χ3n) is 8.86. The van der Waals surface area contributed by atoms with Crippen LogP contribution in [-0.4, -0.2) is 24.3 Å². The van der Waals surface area contributed by atoms with Crippen LogP contribution in [0.25, 0.3) is 56.2 Å². The second-order valence-electron chi connectivity index (χ2n) is 11.8. The van der Waals surface area contributed by atoms with Crippen LogP contribution < -0.4 is 4.90 Å². The Kier molecular flexibility index (Phi) is 7.02. The van der Waals surface area contributed by atoms with E-state index in [1.165, 1.54) is 10.8 Å². The third-order valence-corrected chi connectivity index (χ3v) is 8.86. The maximum absolute atomic E-state index is 5.22. The van der Waals surface area contributed by atoms with Crippen LogP contribution in [0.4, 0.5) is 17.1 Å². The van der Waals surface area contributed by atoms with E-state index in [0.29, 0.717) is 5.82 Å². The lowest BCUT2D eigenvalue weighted by molar-refractivity contribution is 1.03. The van der Waals surface area contributed by atoms with Crippen molar-refractivity contribution in [3.05, 3.63) is 182 Å². The number of aromatic nitrogens is 5. The van der Waals surface area contributed by atoms with Gasteiger partial charge in [0.25, 0.3) is 0 Å². The molecule has 6 heteroatoms.